The summed E-state index contributed by atoms with van der Waals surface area (Å²) in [4.78, 5) is 24.4. The van der Waals surface area contributed by atoms with Gasteiger partial charge < -0.3 is 9.47 Å². The molecule has 0 N–H and O–H groups in total. The average molecular weight is 352 g/mol. The molecule has 0 atom stereocenters. The molecule has 0 saturated carbocycles. The summed E-state index contributed by atoms with van der Waals surface area (Å²) >= 11 is 0. The minimum atomic E-state index is -0.516. The zero-order valence-corrected chi connectivity index (χ0v) is 15.2. The van der Waals surface area contributed by atoms with Gasteiger partial charge in [0.2, 0.25) is 0 Å². The van der Waals surface area contributed by atoms with E-state index in [-0.39, 0.29) is 24.3 Å². The molecule has 2 aromatic carbocycles. The van der Waals surface area contributed by atoms with Crippen LogP contribution in [0.1, 0.15) is 47.7 Å². The Hall–Kier alpha value is -2.88. The SMILES string of the molecule is CCC/C=C\CC(=O)Oc1cc(C)ccc1C(=O)OCc1ccccc1. The molecule has 2 aromatic rings. The van der Waals surface area contributed by atoms with Crippen LogP contribution in [0, 0.1) is 6.92 Å². The van der Waals surface area contributed by atoms with E-state index >= 15 is 0 Å². The predicted molar refractivity (Wildman–Crippen MR) is 101 cm³/mol. The molecule has 2 rings (SSSR count). The molecule has 0 saturated heterocycles. The van der Waals surface area contributed by atoms with Crippen LogP contribution < -0.4 is 4.74 Å². The van der Waals surface area contributed by atoms with Crippen molar-refractivity contribution in [1.82, 2.24) is 0 Å². The van der Waals surface area contributed by atoms with E-state index < -0.39 is 11.9 Å². The van der Waals surface area contributed by atoms with Crippen LogP contribution in [0.15, 0.2) is 60.7 Å². The fourth-order valence-electron chi connectivity index (χ4n) is 2.31. The fraction of sp³-hybridized carbons (Fsp3) is 0.273. The van der Waals surface area contributed by atoms with Crippen molar-refractivity contribution in [1.29, 1.82) is 0 Å². The summed E-state index contributed by atoms with van der Waals surface area (Å²) in [5, 5.41) is 0. The van der Waals surface area contributed by atoms with E-state index in [4.69, 9.17) is 9.47 Å². The van der Waals surface area contributed by atoms with Crippen molar-refractivity contribution in [2.75, 3.05) is 0 Å². The number of esters is 2. The first-order valence-electron chi connectivity index (χ1n) is 8.77. The maximum absolute atomic E-state index is 12.4. The maximum atomic E-state index is 12.4. The van der Waals surface area contributed by atoms with Crippen molar-refractivity contribution in [3.63, 3.8) is 0 Å². The first-order chi connectivity index (χ1) is 12.6. The lowest BCUT2D eigenvalue weighted by Gasteiger charge is -2.11. The molecule has 0 heterocycles. The lowest BCUT2D eigenvalue weighted by atomic mass is 10.1. The highest BCUT2D eigenvalue weighted by atomic mass is 16.5. The van der Waals surface area contributed by atoms with Crippen LogP contribution in [0.2, 0.25) is 0 Å². The number of hydrogen-bond donors (Lipinski definition) is 0. The normalized spacial score (nSPS) is 10.7. The molecule has 4 heteroatoms. The third-order valence-electron chi connectivity index (χ3n) is 3.70. The van der Waals surface area contributed by atoms with Crippen LogP contribution in [-0.2, 0) is 16.1 Å². The van der Waals surface area contributed by atoms with Crippen molar-refractivity contribution in [3.05, 3.63) is 77.4 Å². The molecular formula is C22H24O4. The van der Waals surface area contributed by atoms with Crippen LogP contribution in [0.4, 0.5) is 0 Å². The Labute approximate surface area is 154 Å². The van der Waals surface area contributed by atoms with Gasteiger partial charge in [-0.1, -0.05) is 61.9 Å². The quantitative estimate of drug-likeness (QED) is 0.381. The first-order valence-corrected chi connectivity index (χ1v) is 8.77. The largest absolute Gasteiger partial charge is 0.457 e. The molecule has 0 aliphatic carbocycles. The molecule has 0 fully saturated rings. The van der Waals surface area contributed by atoms with Gasteiger partial charge in [0.05, 0.1) is 6.42 Å². The molecule has 26 heavy (non-hydrogen) atoms. The van der Waals surface area contributed by atoms with Crippen LogP contribution in [0.25, 0.3) is 0 Å². The van der Waals surface area contributed by atoms with Gasteiger partial charge in [0.15, 0.2) is 0 Å². The highest BCUT2D eigenvalue weighted by Gasteiger charge is 2.17. The molecule has 0 unspecified atom stereocenters. The van der Waals surface area contributed by atoms with Crippen molar-refractivity contribution in [2.45, 2.75) is 39.7 Å². The lowest BCUT2D eigenvalue weighted by Crippen LogP contribution is -2.12. The van der Waals surface area contributed by atoms with Crippen LogP contribution in [-0.4, -0.2) is 11.9 Å². The highest BCUT2D eigenvalue weighted by Crippen LogP contribution is 2.22. The fourth-order valence-corrected chi connectivity index (χ4v) is 2.31. The Balaban J connectivity index is 2.03. The van der Waals surface area contributed by atoms with Gasteiger partial charge in [-0.25, -0.2) is 4.79 Å². The Morgan fingerprint density at radius 2 is 1.81 bits per heavy atom. The van der Waals surface area contributed by atoms with Gasteiger partial charge in [-0.05, 0) is 36.6 Å². The molecular weight excluding hydrogens is 328 g/mol. The van der Waals surface area contributed by atoms with Gasteiger partial charge >= 0.3 is 11.9 Å². The van der Waals surface area contributed by atoms with Gasteiger partial charge in [-0.2, -0.15) is 0 Å². The molecule has 0 radical (unpaired) electrons. The second-order valence-corrected chi connectivity index (χ2v) is 6.00. The predicted octanol–water partition coefficient (Wildman–Crippen LogP) is 5.00. The van der Waals surface area contributed by atoms with E-state index in [2.05, 4.69) is 6.92 Å². The van der Waals surface area contributed by atoms with Gasteiger partial charge in [-0.3, -0.25) is 4.79 Å². The number of hydrogen-bond acceptors (Lipinski definition) is 4. The van der Waals surface area contributed by atoms with Crippen LogP contribution in [0.5, 0.6) is 5.75 Å². The number of carbonyl (C=O) groups excluding carboxylic acids is 2. The molecule has 0 spiro atoms. The Kier molecular flexibility index (Phi) is 7.62. The molecule has 0 aliphatic heterocycles. The number of benzene rings is 2. The van der Waals surface area contributed by atoms with Gasteiger partial charge in [0.25, 0.3) is 0 Å². The summed E-state index contributed by atoms with van der Waals surface area (Å²) in [6.45, 7) is 4.11. The smallest absolute Gasteiger partial charge is 0.342 e. The van der Waals surface area contributed by atoms with E-state index in [9.17, 15) is 9.59 Å². The monoisotopic (exact) mass is 352 g/mol. The summed E-state index contributed by atoms with van der Waals surface area (Å²) in [6.07, 6.45) is 5.86. The van der Waals surface area contributed by atoms with E-state index in [1.54, 1.807) is 24.3 Å². The molecule has 0 aliphatic rings. The number of carbonyl (C=O) groups is 2. The molecule has 0 aromatic heterocycles. The topological polar surface area (TPSA) is 52.6 Å². The maximum Gasteiger partial charge on any atom is 0.342 e. The second kappa shape index (κ2) is 10.2. The van der Waals surface area contributed by atoms with Crippen molar-refractivity contribution in [3.8, 4) is 5.75 Å². The molecule has 0 amide bonds. The Morgan fingerprint density at radius 1 is 1.04 bits per heavy atom. The highest BCUT2D eigenvalue weighted by molar-refractivity contribution is 5.93. The van der Waals surface area contributed by atoms with Gasteiger partial charge in [-0.15, -0.1) is 0 Å². The van der Waals surface area contributed by atoms with Gasteiger partial charge in [0.1, 0.15) is 17.9 Å². The number of ether oxygens (including phenoxy) is 2. The van der Waals surface area contributed by atoms with E-state index in [1.807, 2.05) is 43.3 Å². The summed E-state index contributed by atoms with van der Waals surface area (Å²) in [5.41, 5.74) is 2.04. The molecule has 136 valence electrons. The zero-order chi connectivity index (χ0) is 18.8. The third kappa shape index (κ3) is 6.20. The van der Waals surface area contributed by atoms with E-state index in [0.29, 0.717) is 0 Å². The van der Waals surface area contributed by atoms with Gasteiger partial charge in [0, 0.05) is 0 Å². The number of aryl methyl sites for hydroxylation is 1. The lowest BCUT2D eigenvalue weighted by molar-refractivity contribution is -0.133. The average Bonchev–Trinajstić information content (AvgIpc) is 2.64. The van der Waals surface area contributed by atoms with Crippen LogP contribution in [0.3, 0.4) is 0 Å². The van der Waals surface area contributed by atoms with Crippen molar-refractivity contribution >= 4 is 11.9 Å². The summed E-state index contributed by atoms with van der Waals surface area (Å²) in [5.74, 6) is -0.685. The Bertz CT molecular complexity index is 763. The Morgan fingerprint density at radius 3 is 2.54 bits per heavy atom. The minimum absolute atomic E-state index is 0.167. The van der Waals surface area contributed by atoms with E-state index in [1.165, 1.54) is 0 Å². The summed E-state index contributed by atoms with van der Waals surface area (Å²) in [6, 6.07) is 14.5. The first kappa shape index (κ1) is 19.4. The summed E-state index contributed by atoms with van der Waals surface area (Å²) < 4.78 is 10.7. The zero-order valence-electron chi connectivity index (χ0n) is 15.2. The van der Waals surface area contributed by atoms with Crippen molar-refractivity contribution < 1.29 is 19.1 Å². The third-order valence-corrected chi connectivity index (χ3v) is 3.70. The summed E-state index contributed by atoms with van der Waals surface area (Å²) in [7, 11) is 0. The second-order valence-electron chi connectivity index (χ2n) is 6.00. The van der Waals surface area contributed by atoms with E-state index in [0.717, 1.165) is 24.0 Å². The van der Waals surface area contributed by atoms with Crippen LogP contribution >= 0.6 is 0 Å². The van der Waals surface area contributed by atoms with Crippen molar-refractivity contribution in [2.24, 2.45) is 0 Å². The number of unbranched alkanes of at least 4 members (excludes halogenated alkanes) is 1. The minimum Gasteiger partial charge on any atom is -0.457 e. The molecule has 4 nitrogen and oxygen atoms in total. The standard InChI is InChI=1S/C22H24O4/c1-3-4-5-9-12-21(23)26-20-15-17(2)13-14-19(20)22(24)25-16-18-10-7-6-8-11-18/h5-11,13-15H,3-4,12,16H2,1-2H3/b9-5-. The molecule has 0 bridgehead atoms. The number of allylic oxidation sites excluding steroid dienone is 1. The number of rotatable bonds is 8.